The van der Waals surface area contributed by atoms with Crippen LogP contribution in [0.1, 0.15) is 65.1 Å². The highest BCUT2D eigenvalue weighted by molar-refractivity contribution is 14.1. The van der Waals surface area contributed by atoms with E-state index >= 15 is 0 Å². The van der Waals surface area contributed by atoms with E-state index in [1.807, 2.05) is 0 Å². The standard InChI is InChI=1S/C26H31IS/c1-17(11-24-13-20(4)26(27)14-18(24)2)16-28-21(5)25-15-23-10-8-6-7-9-22(23)12-19(25)3/h12-16H,5-11H2,1-4H3/b17-16+. The van der Waals surface area contributed by atoms with E-state index in [0.717, 1.165) is 6.42 Å². The molecule has 0 unspecified atom stereocenters. The quantitative estimate of drug-likeness (QED) is 0.293. The molecule has 148 valence electrons. The molecular formula is C26H31IS. The molecule has 0 saturated carbocycles. The van der Waals surface area contributed by atoms with Gasteiger partial charge in [-0.05, 0) is 133 Å². The van der Waals surface area contributed by atoms with Crippen LogP contribution < -0.4 is 0 Å². The van der Waals surface area contributed by atoms with Crippen molar-refractivity contribution in [1.29, 1.82) is 0 Å². The van der Waals surface area contributed by atoms with Crippen molar-refractivity contribution in [3.63, 3.8) is 0 Å². The largest absolute Gasteiger partial charge is 0.0981 e. The summed E-state index contributed by atoms with van der Waals surface area (Å²) < 4.78 is 1.35. The molecule has 2 aromatic rings. The normalized spacial score (nSPS) is 14.5. The van der Waals surface area contributed by atoms with Crippen LogP contribution in [0.3, 0.4) is 0 Å². The van der Waals surface area contributed by atoms with Gasteiger partial charge in [0.15, 0.2) is 0 Å². The number of fused-ring (bicyclic) bond motifs is 1. The number of hydrogen-bond acceptors (Lipinski definition) is 1. The average molecular weight is 503 g/mol. The maximum atomic E-state index is 4.40. The fraction of sp³-hybridized carbons (Fsp3) is 0.385. The SMILES string of the molecule is C=C(S/C=C(\C)Cc1cc(C)c(I)cc1C)c1cc2c(cc1C)CCCCC2. The molecule has 0 heterocycles. The van der Waals surface area contributed by atoms with Crippen LogP contribution in [0.2, 0.25) is 0 Å². The number of benzene rings is 2. The molecule has 1 aliphatic carbocycles. The van der Waals surface area contributed by atoms with Crippen LogP contribution in [-0.4, -0.2) is 0 Å². The van der Waals surface area contributed by atoms with Gasteiger partial charge in [0.2, 0.25) is 0 Å². The number of hydrogen-bond donors (Lipinski definition) is 0. The Morgan fingerprint density at radius 1 is 0.964 bits per heavy atom. The van der Waals surface area contributed by atoms with Crippen LogP contribution in [0.5, 0.6) is 0 Å². The second kappa shape index (κ2) is 9.67. The van der Waals surface area contributed by atoms with Crippen molar-refractivity contribution in [2.24, 2.45) is 0 Å². The third-order valence-corrected chi connectivity index (χ3v) is 7.91. The Morgan fingerprint density at radius 2 is 1.64 bits per heavy atom. The molecule has 0 nitrogen and oxygen atoms in total. The minimum atomic E-state index is 1.01. The van der Waals surface area contributed by atoms with Gasteiger partial charge in [0, 0.05) is 8.48 Å². The Kier molecular flexibility index (Phi) is 7.49. The zero-order chi connectivity index (χ0) is 20.3. The highest BCUT2D eigenvalue weighted by atomic mass is 127. The molecule has 28 heavy (non-hydrogen) atoms. The fourth-order valence-corrected chi connectivity index (χ4v) is 5.39. The molecule has 0 atom stereocenters. The van der Waals surface area contributed by atoms with Gasteiger partial charge in [-0.3, -0.25) is 0 Å². The Bertz CT molecular complexity index is 921. The van der Waals surface area contributed by atoms with E-state index in [0.29, 0.717) is 0 Å². The molecule has 2 heteroatoms. The van der Waals surface area contributed by atoms with Crippen LogP contribution in [0.15, 0.2) is 41.8 Å². The molecular weight excluding hydrogens is 471 g/mol. The predicted molar refractivity (Wildman–Crippen MR) is 135 cm³/mol. The van der Waals surface area contributed by atoms with E-state index < -0.39 is 0 Å². The minimum absolute atomic E-state index is 1.01. The molecule has 0 aliphatic heterocycles. The summed E-state index contributed by atoms with van der Waals surface area (Å²) in [6.07, 6.45) is 7.49. The molecule has 0 N–H and O–H groups in total. The summed E-state index contributed by atoms with van der Waals surface area (Å²) in [4.78, 5) is 1.17. The van der Waals surface area contributed by atoms with Gasteiger partial charge in [-0.25, -0.2) is 0 Å². The van der Waals surface area contributed by atoms with Gasteiger partial charge in [-0.15, -0.1) is 0 Å². The summed E-state index contributed by atoms with van der Waals surface area (Å²) in [5.74, 6) is 0. The van der Waals surface area contributed by atoms with Gasteiger partial charge in [-0.2, -0.15) is 0 Å². The molecule has 3 rings (SSSR count). The molecule has 2 aromatic carbocycles. The van der Waals surface area contributed by atoms with E-state index in [1.165, 1.54) is 74.0 Å². The van der Waals surface area contributed by atoms with Crippen LogP contribution in [0.4, 0.5) is 0 Å². The number of rotatable bonds is 5. The number of halogens is 1. The Hall–Kier alpha value is -1.00. The third-order valence-electron chi connectivity index (χ3n) is 5.73. The molecule has 0 aromatic heterocycles. The van der Waals surface area contributed by atoms with Crippen LogP contribution in [0.25, 0.3) is 4.91 Å². The molecule has 0 fully saturated rings. The predicted octanol–water partition coefficient (Wildman–Crippen LogP) is 8.34. The first-order valence-corrected chi connectivity index (χ1v) is 12.2. The van der Waals surface area contributed by atoms with Crippen molar-refractivity contribution < 1.29 is 0 Å². The van der Waals surface area contributed by atoms with E-state index in [-0.39, 0.29) is 0 Å². The number of aryl methyl sites for hydroxylation is 5. The summed E-state index contributed by atoms with van der Waals surface area (Å²) >= 11 is 4.20. The van der Waals surface area contributed by atoms with Crippen molar-refractivity contribution >= 4 is 39.3 Å². The van der Waals surface area contributed by atoms with Gasteiger partial charge >= 0.3 is 0 Å². The minimum Gasteiger partial charge on any atom is -0.0981 e. The third kappa shape index (κ3) is 5.33. The van der Waals surface area contributed by atoms with E-state index in [9.17, 15) is 0 Å². The van der Waals surface area contributed by atoms with Crippen molar-refractivity contribution in [3.05, 3.63) is 84.3 Å². The summed E-state index contributed by atoms with van der Waals surface area (Å²) in [5.41, 5.74) is 11.4. The van der Waals surface area contributed by atoms with Gasteiger partial charge in [0.05, 0.1) is 0 Å². The molecule has 0 amide bonds. The summed E-state index contributed by atoms with van der Waals surface area (Å²) in [6.45, 7) is 13.3. The van der Waals surface area contributed by atoms with Crippen molar-refractivity contribution in [3.8, 4) is 0 Å². The monoisotopic (exact) mass is 502 g/mol. The lowest BCUT2D eigenvalue weighted by molar-refractivity contribution is 0.711. The van der Waals surface area contributed by atoms with E-state index in [1.54, 1.807) is 22.9 Å². The van der Waals surface area contributed by atoms with Crippen LogP contribution in [-0.2, 0) is 19.3 Å². The lowest BCUT2D eigenvalue weighted by atomic mass is 9.96. The first-order valence-electron chi connectivity index (χ1n) is 10.2. The maximum Gasteiger partial charge on any atom is 0.0162 e. The zero-order valence-electron chi connectivity index (χ0n) is 17.6. The number of thioether (sulfide) groups is 1. The van der Waals surface area contributed by atoms with Gasteiger partial charge in [-0.1, -0.05) is 48.5 Å². The van der Waals surface area contributed by atoms with Gasteiger partial charge < -0.3 is 0 Å². The molecule has 0 bridgehead atoms. The van der Waals surface area contributed by atoms with Gasteiger partial charge in [0.1, 0.15) is 0 Å². The first-order chi connectivity index (χ1) is 13.3. The summed E-state index contributed by atoms with van der Waals surface area (Å²) in [5, 5.41) is 2.29. The first kappa shape index (κ1) is 21.7. The topological polar surface area (TPSA) is 0 Å². The molecule has 0 radical (unpaired) electrons. The van der Waals surface area contributed by atoms with Crippen molar-refractivity contribution in [2.45, 2.75) is 66.2 Å². The lowest BCUT2D eigenvalue weighted by Crippen LogP contribution is -1.96. The molecule has 0 saturated heterocycles. The summed E-state index contributed by atoms with van der Waals surface area (Å²) in [7, 11) is 0. The van der Waals surface area contributed by atoms with Crippen molar-refractivity contribution in [1.82, 2.24) is 0 Å². The second-order valence-corrected chi connectivity index (χ2v) is 10.3. The smallest absolute Gasteiger partial charge is 0.0162 e. The van der Waals surface area contributed by atoms with Gasteiger partial charge in [0.25, 0.3) is 0 Å². The Labute approximate surface area is 189 Å². The van der Waals surface area contributed by atoms with E-state index in [2.05, 4.69) is 86.5 Å². The highest BCUT2D eigenvalue weighted by Crippen LogP contribution is 2.34. The van der Waals surface area contributed by atoms with E-state index in [4.69, 9.17) is 0 Å². The van der Waals surface area contributed by atoms with Crippen LogP contribution in [0, 0.1) is 24.3 Å². The molecule has 0 spiro atoms. The lowest BCUT2D eigenvalue weighted by Gasteiger charge is -2.14. The summed E-state index contributed by atoms with van der Waals surface area (Å²) in [6, 6.07) is 9.46. The Balaban J connectivity index is 1.72. The number of allylic oxidation sites excluding steroid dienone is 1. The Morgan fingerprint density at radius 3 is 2.36 bits per heavy atom. The second-order valence-electron chi connectivity index (χ2n) is 8.21. The average Bonchev–Trinajstić information content (AvgIpc) is 2.88. The maximum absolute atomic E-state index is 4.40. The highest BCUT2D eigenvalue weighted by Gasteiger charge is 2.12. The van der Waals surface area contributed by atoms with Crippen molar-refractivity contribution in [2.75, 3.05) is 0 Å². The molecule has 1 aliphatic rings. The zero-order valence-corrected chi connectivity index (χ0v) is 20.6. The fourth-order valence-electron chi connectivity index (χ4n) is 3.99. The van der Waals surface area contributed by atoms with Crippen LogP contribution >= 0.6 is 34.4 Å².